The third-order valence-electron chi connectivity index (χ3n) is 3.39. The van der Waals surface area contributed by atoms with Crippen molar-refractivity contribution < 1.29 is 9.47 Å². The summed E-state index contributed by atoms with van der Waals surface area (Å²) in [7, 11) is 3.56. The monoisotopic (exact) mass is 230 g/mol. The first-order chi connectivity index (χ1) is 7.68. The van der Waals surface area contributed by atoms with Crippen molar-refractivity contribution in [2.75, 3.05) is 20.8 Å². The van der Waals surface area contributed by atoms with Gasteiger partial charge in [-0.3, -0.25) is 0 Å². The fourth-order valence-electron chi connectivity index (χ4n) is 1.93. The van der Waals surface area contributed by atoms with Crippen molar-refractivity contribution in [1.29, 1.82) is 0 Å². The standard InChI is InChI=1S/C14H30O2/c1-5-6-7-8-9-10-11-14(2,16-4)12-13-15-3/h5-13H2,1-4H3. The van der Waals surface area contributed by atoms with E-state index in [1.807, 2.05) is 7.11 Å². The van der Waals surface area contributed by atoms with Crippen LogP contribution in [-0.2, 0) is 9.47 Å². The van der Waals surface area contributed by atoms with Gasteiger partial charge >= 0.3 is 0 Å². The second kappa shape index (κ2) is 10.1. The molecule has 0 amide bonds. The quantitative estimate of drug-likeness (QED) is 0.496. The maximum Gasteiger partial charge on any atom is 0.0672 e. The van der Waals surface area contributed by atoms with E-state index in [4.69, 9.17) is 9.47 Å². The van der Waals surface area contributed by atoms with Gasteiger partial charge in [-0.1, -0.05) is 45.4 Å². The van der Waals surface area contributed by atoms with E-state index >= 15 is 0 Å². The average molecular weight is 230 g/mol. The lowest BCUT2D eigenvalue weighted by atomic mass is 9.94. The van der Waals surface area contributed by atoms with Gasteiger partial charge in [-0.05, 0) is 19.8 Å². The molecule has 0 fully saturated rings. The lowest BCUT2D eigenvalue weighted by Crippen LogP contribution is -2.28. The fourth-order valence-corrected chi connectivity index (χ4v) is 1.93. The Hall–Kier alpha value is -0.0800. The Labute approximate surface area is 102 Å². The van der Waals surface area contributed by atoms with Crippen LogP contribution in [0.15, 0.2) is 0 Å². The Morgan fingerprint density at radius 2 is 1.50 bits per heavy atom. The fraction of sp³-hybridized carbons (Fsp3) is 1.00. The first-order valence-electron chi connectivity index (χ1n) is 6.72. The molecule has 98 valence electrons. The van der Waals surface area contributed by atoms with Crippen LogP contribution < -0.4 is 0 Å². The molecule has 0 aromatic heterocycles. The van der Waals surface area contributed by atoms with Crippen molar-refractivity contribution in [3.63, 3.8) is 0 Å². The van der Waals surface area contributed by atoms with E-state index in [2.05, 4.69) is 13.8 Å². The summed E-state index contributed by atoms with van der Waals surface area (Å²) in [6.07, 6.45) is 10.2. The van der Waals surface area contributed by atoms with E-state index in [1.54, 1.807) is 7.11 Å². The Morgan fingerprint density at radius 3 is 2.06 bits per heavy atom. The highest BCUT2D eigenvalue weighted by Crippen LogP contribution is 2.23. The molecule has 0 aliphatic carbocycles. The number of hydrogen-bond acceptors (Lipinski definition) is 2. The highest BCUT2D eigenvalue weighted by molar-refractivity contribution is 4.74. The van der Waals surface area contributed by atoms with Crippen molar-refractivity contribution in [3.8, 4) is 0 Å². The molecule has 0 saturated heterocycles. The molecule has 1 unspecified atom stereocenters. The molecule has 0 N–H and O–H groups in total. The van der Waals surface area contributed by atoms with Crippen LogP contribution in [0.4, 0.5) is 0 Å². The molecule has 0 radical (unpaired) electrons. The van der Waals surface area contributed by atoms with Crippen LogP contribution in [0.1, 0.15) is 65.2 Å². The molecule has 2 heteroatoms. The number of hydrogen-bond donors (Lipinski definition) is 0. The highest BCUT2D eigenvalue weighted by Gasteiger charge is 2.22. The number of ether oxygens (including phenoxy) is 2. The van der Waals surface area contributed by atoms with Crippen LogP contribution in [0.3, 0.4) is 0 Å². The molecule has 16 heavy (non-hydrogen) atoms. The van der Waals surface area contributed by atoms with E-state index < -0.39 is 0 Å². The molecule has 2 nitrogen and oxygen atoms in total. The molecule has 0 spiro atoms. The van der Waals surface area contributed by atoms with Crippen LogP contribution in [0.5, 0.6) is 0 Å². The van der Waals surface area contributed by atoms with Gasteiger partial charge in [-0.25, -0.2) is 0 Å². The third kappa shape index (κ3) is 8.12. The van der Waals surface area contributed by atoms with Crippen molar-refractivity contribution in [2.24, 2.45) is 0 Å². The van der Waals surface area contributed by atoms with Gasteiger partial charge in [-0.2, -0.15) is 0 Å². The zero-order chi connectivity index (χ0) is 12.3. The summed E-state index contributed by atoms with van der Waals surface area (Å²) in [6.45, 7) is 5.24. The minimum Gasteiger partial charge on any atom is -0.385 e. The van der Waals surface area contributed by atoms with Gasteiger partial charge in [0.15, 0.2) is 0 Å². The van der Waals surface area contributed by atoms with Gasteiger partial charge in [0.25, 0.3) is 0 Å². The normalized spacial score (nSPS) is 15.0. The van der Waals surface area contributed by atoms with Crippen molar-refractivity contribution in [1.82, 2.24) is 0 Å². The summed E-state index contributed by atoms with van der Waals surface area (Å²) in [4.78, 5) is 0. The first kappa shape index (κ1) is 15.9. The molecule has 0 bridgehead atoms. The summed E-state index contributed by atoms with van der Waals surface area (Å²) in [5.74, 6) is 0. The summed E-state index contributed by atoms with van der Waals surface area (Å²) < 4.78 is 10.7. The van der Waals surface area contributed by atoms with Crippen LogP contribution >= 0.6 is 0 Å². The number of methoxy groups -OCH3 is 2. The lowest BCUT2D eigenvalue weighted by molar-refractivity contribution is -0.0258. The van der Waals surface area contributed by atoms with E-state index in [1.165, 1.54) is 38.5 Å². The minimum absolute atomic E-state index is 0.0146. The first-order valence-corrected chi connectivity index (χ1v) is 6.72. The smallest absolute Gasteiger partial charge is 0.0672 e. The molecule has 0 aromatic rings. The Kier molecular flexibility index (Phi) is 10.0. The Bertz CT molecular complexity index is 148. The minimum atomic E-state index is 0.0146. The molecule has 0 aliphatic heterocycles. The molecule has 0 saturated carbocycles. The highest BCUT2D eigenvalue weighted by atomic mass is 16.5. The van der Waals surface area contributed by atoms with E-state index in [0.717, 1.165) is 19.4 Å². The molecule has 1 atom stereocenters. The average Bonchev–Trinajstić information content (AvgIpc) is 2.31. The summed E-state index contributed by atoms with van der Waals surface area (Å²) in [5.41, 5.74) is 0.0146. The van der Waals surface area contributed by atoms with Gasteiger partial charge in [-0.15, -0.1) is 0 Å². The van der Waals surface area contributed by atoms with E-state index in [-0.39, 0.29) is 5.60 Å². The summed E-state index contributed by atoms with van der Waals surface area (Å²) in [6, 6.07) is 0. The largest absolute Gasteiger partial charge is 0.385 e. The summed E-state index contributed by atoms with van der Waals surface area (Å²) in [5, 5.41) is 0. The second-order valence-corrected chi connectivity index (χ2v) is 4.91. The van der Waals surface area contributed by atoms with Crippen LogP contribution in [0.2, 0.25) is 0 Å². The molecular weight excluding hydrogens is 200 g/mol. The lowest BCUT2D eigenvalue weighted by Gasteiger charge is -2.27. The van der Waals surface area contributed by atoms with E-state index in [9.17, 15) is 0 Å². The molecule has 0 heterocycles. The number of unbranched alkanes of at least 4 members (excludes halogenated alkanes) is 5. The molecule has 0 rings (SSSR count). The van der Waals surface area contributed by atoms with Gasteiger partial charge in [0.2, 0.25) is 0 Å². The Balaban J connectivity index is 3.53. The predicted molar refractivity (Wildman–Crippen MR) is 69.9 cm³/mol. The van der Waals surface area contributed by atoms with Crippen molar-refractivity contribution in [2.45, 2.75) is 70.8 Å². The number of rotatable bonds is 11. The second-order valence-electron chi connectivity index (χ2n) is 4.91. The molecule has 0 aromatic carbocycles. The molecular formula is C14H30O2. The molecule has 0 aliphatic rings. The maximum atomic E-state index is 5.59. The zero-order valence-electron chi connectivity index (χ0n) is 11.7. The van der Waals surface area contributed by atoms with E-state index in [0.29, 0.717) is 0 Å². The Morgan fingerprint density at radius 1 is 0.875 bits per heavy atom. The van der Waals surface area contributed by atoms with Crippen LogP contribution in [-0.4, -0.2) is 26.4 Å². The van der Waals surface area contributed by atoms with Crippen LogP contribution in [0, 0.1) is 0 Å². The SMILES string of the molecule is CCCCCCCCC(C)(CCOC)OC. The summed E-state index contributed by atoms with van der Waals surface area (Å²) >= 11 is 0. The zero-order valence-corrected chi connectivity index (χ0v) is 11.7. The van der Waals surface area contributed by atoms with Crippen LogP contribution in [0.25, 0.3) is 0 Å². The van der Waals surface area contributed by atoms with Gasteiger partial charge in [0.1, 0.15) is 0 Å². The maximum absolute atomic E-state index is 5.59. The van der Waals surface area contributed by atoms with Gasteiger partial charge < -0.3 is 9.47 Å². The topological polar surface area (TPSA) is 18.5 Å². The van der Waals surface area contributed by atoms with Crippen molar-refractivity contribution >= 4 is 0 Å². The van der Waals surface area contributed by atoms with Gasteiger partial charge in [0.05, 0.1) is 5.60 Å². The third-order valence-corrected chi connectivity index (χ3v) is 3.39. The van der Waals surface area contributed by atoms with Crippen molar-refractivity contribution in [3.05, 3.63) is 0 Å². The van der Waals surface area contributed by atoms with Gasteiger partial charge in [0, 0.05) is 20.8 Å². The predicted octanol–water partition coefficient (Wildman–Crippen LogP) is 4.18.